The van der Waals surface area contributed by atoms with Gasteiger partial charge in [-0.3, -0.25) is 10.1 Å². The highest BCUT2D eigenvalue weighted by atomic mass is 16.6. The molecule has 0 spiro atoms. The quantitative estimate of drug-likeness (QED) is 0.626. The third-order valence-electron chi connectivity index (χ3n) is 3.14. The van der Waals surface area contributed by atoms with Crippen LogP contribution in [0.4, 0.5) is 5.69 Å². The van der Waals surface area contributed by atoms with Crippen molar-refractivity contribution in [2.24, 2.45) is 5.92 Å². The lowest BCUT2D eigenvalue weighted by Crippen LogP contribution is -2.10. The molecule has 1 aromatic rings. The predicted molar refractivity (Wildman–Crippen MR) is 62.5 cm³/mol. The maximum absolute atomic E-state index is 10.7. The smallest absolute Gasteiger partial charge is 0.272 e. The fourth-order valence-corrected chi connectivity index (χ4v) is 2.27. The molecule has 1 aromatic carbocycles. The first-order valence-corrected chi connectivity index (χ1v) is 5.61. The van der Waals surface area contributed by atoms with Gasteiger partial charge in [0, 0.05) is 11.6 Å². The van der Waals surface area contributed by atoms with Gasteiger partial charge in [0.2, 0.25) is 0 Å². The molecule has 1 aliphatic rings. The second-order valence-corrected chi connectivity index (χ2v) is 4.44. The van der Waals surface area contributed by atoms with E-state index in [-0.39, 0.29) is 10.6 Å². The van der Waals surface area contributed by atoms with Crippen LogP contribution in [-0.4, -0.2) is 18.0 Å². The Balaban J connectivity index is 2.11. The first-order valence-electron chi connectivity index (χ1n) is 5.61. The molecular formula is C12H16N2O2. The molecule has 0 aliphatic carbocycles. The summed E-state index contributed by atoms with van der Waals surface area (Å²) >= 11 is 0. The highest BCUT2D eigenvalue weighted by Gasteiger charge is 2.16. The Kier molecular flexibility index (Phi) is 3.19. The molecule has 4 heteroatoms. The minimum absolute atomic E-state index is 0.216. The summed E-state index contributed by atoms with van der Waals surface area (Å²) in [5.74, 6) is 0.681. The second-order valence-electron chi connectivity index (χ2n) is 4.44. The molecule has 0 bridgehead atoms. The zero-order chi connectivity index (χ0) is 11.5. The Bertz CT molecular complexity index is 398. The Morgan fingerprint density at radius 2 is 2.38 bits per heavy atom. The van der Waals surface area contributed by atoms with Gasteiger partial charge in [-0.05, 0) is 50.4 Å². The molecule has 1 unspecified atom stereocenters. The molecule has 2 rings (SSSR count). The number of benzene rings is 1. The zero-order valence-electron chi connectivity index (χ0n) is 9.40. The number of nitro benzene ring substituents is 1. The summed E-state index contributed by atoms with van der Waals surface area (Å²) in [5.41, 5.74) is 2.18. The minimum Gasteiger partial charge on any atom is -0.316 e. The number of nitro groups is 1. The van der Waals surface area contributed by atoms with Crippen LogP contribution in [0.3, 0.4) is 0 Å². The van der Waals surface area contributed by atoms with Crippen molar-refractivity contribution in [3.8, 4) is 0 Å². The Morgan fingerprint density at radius 1 is 1.56 bits per heavy atom. The maximum atomic E-state index is 10.7. The lowest BCUT2D eigenvalue weighted by Gasteiger charge is -2.08. The van der Waals surface area contributed by atoms with E-state index in [9.17, 15) is 10.1 Å². The van der Waals surface area contributed by atoms with Crippen molar-refractivity contribution >= 4 is 5.69 Å². The van der Waals surface area contributed by atoms with Crippen LogP contribution in [0.1, 0.15) is 17.5 Å². The highest BCUT2D eigenvalue weighted by molar-refractivity contribution is 5.41. The van der Waals surface area contributed by atoms with Crippen LogP contribution in [0, 0.1) is 23.0 Å². The number of nitrogens with zero attached hydrogens (tertiary/aromatic N) is 1. The van der Waals surface area contributed by atoms with E-state index in [0.717, 1.165) is 25.1 Å². The monoisotopic (exact) mass is 220 g/mol. The van der Waals surface area contributed by atoms with Crippen LogP contribution >= 0.6 is 0 Å². The largest absolute Gasteiger partial charge is 0.316 e. The van der Waals surface area contributed by atoms with Gasteiger partial charge in [0.25, 0.3) is 5.69 Å². The predicted octanol–water partition coefficient (Wildman–Crippen LogP) is 2.06. The summed E-state index contributed by atoms with van der Waals surface area (Å²) in [5, 5.41) is 14.0. The number of aryl methyl sites for hydroxylation is 1. The van der Waals surface area contributed by atoms with Gasteiger partial charge in [0.05, 0.1) is 4.92 Å². The summed E-state index contributed by atoms with van der Waals surface area (Å²) in [6.45, 7) is 3.96. The van der Waals surface area contributed by atoms with E-state index < -0.39 is 0 Å². The van der Waals surface area contributed by atoms with Crippen LogP contribution < -0.4 is 5.32 Å². The molecule has 4 nitrogen and oxygen atoms in total. The molecule has 0 saturated carbocycles. The van der Waals surface area contributed by atoms with Gasteiger partial charge in [-0.25, -0.2) is 0 Å². The van der Waals surface area contributed by atoms with Crippen LogP contribution in [-0.2, 0) is 6.42 Å². The van der Waals surface area contributed by atoms with Crippen LogP contribution in [0.2, 0.25) is 0 Å². The molecule has 1 fully saturated rings. The molecule has 0 aromatic heterocycles. The summed E-state index contributed by atoms with van der Waals surface area (Å²) in [7, 11) is 0. The fraction of sp³-hybridized carbons (Fsp3) is 0.500. The second kappa shape index (κ2) is 4.61. The van der Waals surface area contributed by atoms with E-state index in [1.54, 1.807) is 13.0 Å². The third kappa shape index (κ3) is 2.39. The van der Waals surface area contributed by atoms with Crippen molar-refractivity contribution in [3.63, 3.8) is 0 Å². The third-order valence-corrected chi connectivity index (χ3v) is 3.14. The molecule has 0 radical (unpaired) electrons. The van der Waals surface area contributed by atoms with Gasteiger partial charge in [-0.1, -0.05) is 6.07 Å². The zero-order valence-corrected chi connectivity index (χ0v) is 9.40. The fourth-order valence-electron chi connectivity index (χ4n) is 2.27. The lowest BCUT2D eigenvalue weighted by atomic mass is 9.97. The van der Waals surface area contributed by atoms with E-state index in [4.69, 9.17) is 0 Å². The van der Waals surface area contributed by atoms with Crippen molar-refractivity contribution in [1.29, 1.82) is 0 Å². The summed E-state index contributed by atoms with van der Waals surface area (Å²) in [4.78, 5) is 10.3. The van der Waals surface area contributed by atoms with Gasteiger partial charge in [-0.15, -0.1) is 0 Å². The molecule has 1 saturated heterocycles. The number of hydrogen-bond acceptors (Lipinski definition) is 3. The van der Waals surface area contributed by atoms with Gasteiger partial charge < -0.3 is 5.32 Å². The van der Waals surface area contributed by atoms with Crippen LogP contribution in [0.5, 0.6) is 0 Å². The van der Waals surface area contributed by atoms with E-state index in [1.165, 1.54) is 12.0 Å². The van der Waals surface area contributed by atoms with Crippen molar-refractivity contribution in [1.82, 2.24) is 5.32 Å². The molecule has 1 N–H and O–H groups in total. The maximum Gasteiger partial charge on any atom is 0.272 e. The average Bonchev–Trinajstić information content (AvgIpc) is 2.70. The van der Waals surface area contributed by atoms with Gasteiger partial charge in [0.15, 0.2) is 0 Å². The van der Waals surface area contributed by atoms with Crippen molar-refractivity contribution in [3.05, 3.63) is 39.4 Å². The molecule has 0 amide bonds. The first-order chi connectivity index (χ1) is 7.66. The molecule has 86 valence electrons. The van der Waals surface area contributed by atoms with Crippen LogP contribution in [0.15, 0.2) is 18.2 Å². The van der Waals surface area contributed by atoms with Crippen molar-refractivity contribution < 1.29 is 4.92 Å². The van der Waals surface area contributed by atoms with E-state index in [0.29, 0.717) is 5.92 Å². The summed E-state index contributed by atoms with van der Waals surface area (Å²) < 4.78 is 0. The topological polar surface area (TPSA) is 55.2 Å². The standard InChI is InChI=1S/C12H16N2O2/c1-9-6-10(2-3-12(9)14(15)16)7-11-4-5-13-8-11/h2-3,6,11,13H,4-5,7-8H2,1H3. The normalized spacial score (nSPS) is 19.9. The number of rotatable bonds is 3. The minimum atomic E-state index is -0.323. The van der Waals surface area contributed by atoms with Crippen molar-refractivity contribution in [2.75, 3.05) is 13.1 Å². The highest BCUT2D eigenvalue weighted by Crippen LogP contribution is 2.22. The number of hydrogen-bond donors (Lipinski definition) is 1. The molecular weight excluding hydrogens is 204 g/mol. The average molecular weight is 220 g/mol. The van der Waals surface area contributed by atoms with Crippen LogP contribution in [0.25, 0.3) is 0 Å². The summed E-state index contributed by atoms with van der Waals surface area (Å²) in [6, 6.07) is 5.44. The lowest BCUT2D eigenvalue weighted by molar-refractivity contribution is -0.385. The van der Waals surface area contributed by atoms with E-state index >= 15 is 0 Å². The van der Waals surface area contributed by atoms with E-state index in [2.05, 4.69) is 5.32 Å². The van der Waals surface area contributed by atoms with Gasteiger partial charge in [0.1, 0.15) is 0 Å². The Hall–Kier alpha value is -1.42. The van der Waals surface area contributed by atoms with Crippen molar-refractivity contribution in [2.45, 2.75) is 19.8 Å². The first kappa shape index (κ1) is 11.1. The number of nitrogens with one attached hydrogen (secondary N) is 1. The summed E-state index contributed by atoms with van der Waals surface area (Å²) in [6.07, 6.45) is 2.22. The van der Waals surface area contributed by atoms with Gasteiger partial charge in [-0.2, -0.15) is 0 Å². The van der Waals surface area contributed by atoms with Gasteiger partial charge >= 0.3 is 0 Å². The molecule has 16 heavy (non-hydrogen) atoms. The Morgan fingerprint density at radius 3 is 2.94 bits per heavy atom. The Labute approximate surface area is 94.8 Å². The molecule has 1 atom stereocenters. The molecule has 1 aliphatic heterocycles. The molecule has 1 heterocycles. The van der Waals surface area contributed by atoms with E-state index in [1.807, 2.05) is 12.1 Å². The SMILES string of the molecule is Cc1cc(CC2CCNC2)ccc1[N+](=O)[O-].